The first kappa shape index (κ1) is 25.8. The van der Waals surface area contributed by atoms with Crippen molar-refractivity contribution < 1.29 is 9.85 Å². The molecule has 0 bridgehead atoms. The van der Waals surface area contributed by atoms with Gasteiger partial charge in [-0.15, -0.1) is 0 Å². The summed E-state index contributed by atoms with van der Waals surface area (Å²) in [5.74, 6) is -0.162. The van der Waals surface area contributed by atoms with Gasteiger partial charge in [0.15, 0.2) is 5.96 Å². The van der Waals surface area contributed by atoms with E-state index in [1.54, 1.807) is 24.3 Å². The van der Waals surface area contributed by atoms with Crippen LogP contribution in [0.5, 0.6) is 0 Å². The molecule has 200 valence electrons. The topological polar surface area (TPSA) is 190 Å². The quantitative estimate of drug-likeness (QED) is 0.0568. The van der Waals surface area contributed by atoms with Crippen LogP contribution < -0.4 is 21.7 Å². The molecule has 13 heteroatoms. The zero-order valence-corrected chi connectivity index (χ0v) is 20.9. The number of nitrogens with two attached hydrogens (primary N) is 1. The van der Waals surface area contributed by atoms with Crippen molar-refractivity contribution in [3.05, 3.63) is 111 Å². The van der Waals surface area contributed by atoms with Gasteiger partial charge >= 0.3 is 0 Å². The van der Waals surface area contributed by atoms with Gasteiger partial charge in [-0.05, 0) is 48.5 Å². The molecule has 0 saturated heterocycles. The lowest BCUT2D eigenvalue weighted by molar-refractivity contribution is -0.385. The molecule has 0 aromatic heterocycles. The zero-order valence-electron chi connectivity index (χ0n) is 20.9. The van der Waals surface area contributed by atoms with Crippen LogP contribution >= 0.6 is 0 Å². The molecule has 3 aromatic rings. The highest BCUT2D eigenvalue weighted by Gasteiger charge is 2.17. The summed E-state index contributed by atoms with van der Waals surface area (Å²) in [6.07, 6.45) is 0. The van der Waals surface area contributed by atoms with Gasteiger partial charge in [-0.25, -0.2) is 4.98 Å². The Bertz CT molecular complexity index is 1780. The first-order valence-electron chi connectivity index (χ1n) is 12.1. The highest BCUT2D eigenvalue weighted by molar-refractivity contribution is 5.84. The van der Waals surface area contributed by atoms with Crippen LogP contribution in [0.4, 0.5) is 22.7 Å². The van der Waals surface area contributed by atoms with E-state index in [4.69, 9.17) is 21.1 Å². The molecular weight excluding hydrogens is 514 g/mol. The summed E-state index contributed by atoms with van der Waals surface area (Å²) in [4.78, 5) is 31.0. The molecule has 40 heavy (non-hydrogen) atoms. The number of benzene rings is 4. The number of anilines is 2. The Morgan fingerprint density at radius 3 is 2.25 bits per heavy atom. The number of nitrogens with zero attached hydrogens (tertiary/aromatic N) is 5. The van der Waals surface area contributed by atoms with Crippen molar-refractivity contribution in [1.82, 2.24) is 14.9 Å². The average molecular weight is 538 g/mol. The first-order valence-corrected chi connectivity index (χ1v) is 12.1. The summed E-state index contributed by atoms with van der Waals surface area (Å²) in [5, 5.41) is 36.3. The van der Waals surface area contributed by atoms with Crippen LogP contribution in [0, 0.1) is 25.6 Å². The van der Waals surface area contributed by atoms with E-state index in [9.17, 15) is 20.2 Å². The summed E-state index contributed by atoms with van der Waals surface area (Å²) in [6.45, 7) is 0.640. The number of nitrogens with one attached hydrogen (secondary N) is 3. The van der Waals surface area contributed by atoms with Crippen LogP contribution in [0.1, 0.15) is 0 Å². The molecule has 0 unspecified atom stereocenters. The molecule has 5 N–H and O–H groups in total. The van der Waals surface area contributed by atoms with Crippen molar-refractivity contribution >= 4 is 39.7 Å². The fraction of sp³-hybridized carbons (Fsp3) is 0.0741. The van der Waals surface area contributed by atoms with E-state index in [0.29, 0.717) is 52.4 Å². The molecule has 0 amide bonds. The molecule has 2 aliphatic rings. The van der Waals surface area contributed by atoms with Crippen LogP contribution in [0.2, 0.25) is 0 Å². The van der Waals surface area contributed by atoms with Gasteiger partial charge in [0.1, 0.15) is 0 Å². The summed E-state index contributed by atoms with van der Waals surface area (Å²) in [5.41, 5.74) is 10.1. The number of hydrogen-bond acceptors (Lipinski definition) is 8. The number of hydrogen-bond donors (Lipinski definition) is 4. The van der Waals surface area contributed by atoms with E-state index in [1.807, 2.05) is 41.0 Å². The Balaban J connectivity index is 1.70. The number of rotatable bonds is 8. The number of non-ortho nitro benzene ring substituents is 2. The number of fused-ring (bicyclic) bond motifs is 2. The molecule has 0 saturated carbocycles. The van der Waals surface area contributed by atoms with Gasteiger partial charge in [0.25, 0.3) is 11.4 Å². The lowest BCUT2D eigenvalue weighted by atomic mass is 10.1. The Hall–Kier alpha value is -5.85. The predicted molar refractivity (Wildman–Crippen MR) is 151 cm³/mol. The molecule has 1 aliphatic heterocycles. The van der Waals surface area contributed by atoms with Crippen molar-refractivity contribution in [2.45, 2.75) is 0 Å². The first-order chi connectivity index (χ1) is 19.3. The Morgan fingerprint density at radius 2 is 1.60 bits per heavy atom. The predicted octanol–water partition coefficient (Wildman–Crippen LogP) is 4.07. The fourth-order valence-electron chi connectivity index (χ4n) is 4.26. The number of guanidine groups is 1. The van der Waals surface area contributed by atoms with E-state index in [0.717, 1.165) is 5.52 Å². The lowest BCUT2D eigenvalue weighted by Gasteiger charge is -2.20. The summed E-state index contributed by atoms with van der Waals surface area (Å²) >= 11 is 0. The summed E-state index contributed by atoms with van der Waals surface area (Å²) < 4.78 is 1.96. The molecule has 0 atom stereocenters. The van der Waals surface area contributed by atoms with Crippen LogP contribution in [0.3, 0.4) is 0 Å². The van der Waals surface area contributed by atoms with E-state index in [-0.39, 0.29) is 17.3 Å². The minimum absolute atomic E-state index is 0.0183. The van der Waals surface area contributed by atoms with Crippen molar-refractivity contribution in [3.8, 4) is 17.1 Å². The largest absolute Gasteiger partial charge is 0.370 e. The number of para-hydroxylation sites is 2. The molecule has 1 heterocycles. The van der Waals surface area contributed by atoms with Crippen molar-refractivity contribution in [2.75, 3.05) is 18.4 Å². The van der Waals surface area contributed by atoms with Gasteiger partial charge in [0.05, 0.1) is 49.9 Å². The Labute approximate surface area is 226 Å². The maximum absolute atomic E-state index is 11.2. The smallest absolute Gasteiger partial charge is 0.269 e. The lowest BCUT2D eigenvalue weighted by Crippen LogP contribution is -2.32. The second kappa shape index (κ2) is 10.9. The van der Waals surface area contributed by atoms with Gasteiger partial charge in [-0.1, -0.05) is 12.1 Å². The molecule has 1 aliphatic carbocycles. The monoisotopic (exact) mass is 537 g/mol. The van der Waals surface area contributed by atoms with Crippen LogP contribution in [-0.4, -0.2) is 38.4 Å². The fourth-order valence-corrected chi connectivity index (χ4v) is 4.26. The highest BCUT2D eigenvalue weighted by Crippen LogP contribution is 2.31. The Morgan fingerprint density at radius 1 is 0.950 bits per heavy atom. The van der Waals surface area contributed by atoms with Gasteiger partial charge in [0, 0.05) is 42.2 Å². The normalized spacial score (nSPS) is 11.4. The standard InChI is InChI=1S/C27H23N9O4/c28-27(29)31-14-13-30-22-16-26-24(15-23(22)32-17-5-7-19(8-6-17)35(37)38)33-21-3-1-2-4-25(21)34(26)18-9-11-20(12-10-18)36(39)40/h1-12,15-16,32H,13-14H2,(H4,28,29,31)/b30-22-. The molecule has 5 rings (SSSR count). The number of nitro groups is 2. The SMILES string of the molecule is N=C(N)NCC/N=c1/cc2n(-c3ccc([N+](=O)[O-])cc3)c3ccccc3nc-2cc1Nc1ccc([N+](=O)[O-])cc1. The van der Waals surface area contributed by atoms with Gasteiger partial charge in [-0.3, -0.25) is 30.6 Å². The maximum Gasteiger partial charge on any atom is 0.269 e. The third-order valence-electron chi connectivity index (χ3n) is 6.08. The molecule has 0 fully saturated rings. The van der Waals surface area contributed by atoms with E-state index < -0.39 is 9.85 Å². The van der Waals surface area contributed by atoms with E-state index in [1.165, 1.54) is 24.3 Å². The minimum atomic E-state index is -0.464. The molecule has 0 radical (unpaired) electrons. The molecule has 3 aromatic carbocycles. The zero-order chi connectivity index (χ0) is 28.2. The van der Waals surface area contributed by atoms with E-state index in [2.05, 4.69) is 10.6 Å². The van der Waals surface area contributed by atoms with Crippen LogP contribution in [0.25, 0.3) is 28.1 Å². The van der Waals surface area contributed by atoms with Crippen molar-refractivity contribution in [1.29, 1.82) is 5.41 Å². The second-order valence-electron chi connectivity index (χ2n) is 8.72. The van der Waals surface area contributed by atoms with Gasteiger partial charge in [0.2, 0.25) is 0 Å². The molecule has 13 nitrogen and oxygen atoms in total. The number of aromatic nitrogens is 2. The van der Waals surface area contributed by atoms with Crippen LogP contribution in [-0.2, 0) is 0 Å². The van der Waals surface area contributed by atoms with Gasteiger partial charge in [-0.2, -0.15) is 0 Å². The average Bonchev–Trinajstić information content (AvgIpc) is 2.94. The van der Waals surface area contributed by atoms with Crippen molar-refractivity contribution in [2.24, 2.45) is 10.7 Å². The summed E-state index contributed by atoms with van der Waals surface area (Å²) in [6, 6.07) is 23.6. The number of nitro benzene ring substituents is 2. The third-order valence-corrected chi connectivity index (χ3v) is 6.08. The second-order valence-corrected chi connectivity index (χ2v) is 8.72. The minimum Gasteiger partial charge on any atom is -0.370 e. The van der Waals surface area contributed by atoms with Gasteiger partial charge < -0.3 is 20.9 Å². The van der Waals surface area contributed by atoms with Crippen molar-refractivity contribution in [3.63, 3.8) is 0 Å². The Kier molecular flexibility index (Phi) is 7.01. The molecular formula is C27H23N9O4. The van der Waals surface area contributed by atoms with E-state index >= 15 is 0 Å². The van der Waals surface area contributed by atoms with Crippen LogP contribution in [0.15, 0.2) is 89.9 Å². The molecule has 0 spiro atoms. The third kappa shape index (κ3) is 5.38. The maximum atomic E-state index is 11.2. The highest BCUT2D eigenvalue weighted by atomic mass is 16.6. The summed E-state index contributed by atoms with van der Waals surface area (Å²) in [7, 11) is 0.